The molecule has 0 unspecified atom stereocenters. The molecule has 1 aliphatic carbocycles. The highest BCUT2D eigenvalue weighted by Gasteiger charge is 2.41. The van der Waals surface area contributed by atoms with Gasteiger partial charge >= 0.3 is 0 Å². The van der Waals surface area contributed by atoms with E-state index in [-0.39, 0.29) is 5.91 Å². The lowest BCUT2D eigenvalue weighted by Gasteiger charge is -2.21. The van der Waals surface area contributed by atoms with E-state index in [9.17, 15) is 4.79 Å². The van der Waals surface area contributed by atoms with Gasteiger partial charge in [0.25, 0.3) is 5.91 Å². The second-order valence-corrected chi connectivity index (χ2v) is 5.02. The Morgan fingerprint density at radius 1 is 1.25 bits per heavy atom. The van der Waals surface area contributed by atoms with Crippen molar-refractivity contribution < 1.29 is 4.79 Å². The highest BCUT2D eigenvalue weighted by Crippen LogP contribution is 2.31. The van der Waals surface area contributed by atoms with Crippen LogP contribution in [0.1, 0.15) is 58.8 Å². The molecule has 2 rings (SSSR count). The van der Waals surface area contributed by atoms with E-state index in [4.69, 9.17) is 4.99 Å². The minimum atomic E-state index is -0.452. The van der Waals surface area contributed by atoms with E-state index in [1.165, 1.54) is 32.1 Å². The third-order valence-corrected chi connectivity index (χ3v) is 4.16. The number of hydrogen-bond acceptors (Lipinski definition) is 2. The molecule has 1 N–H and O–H groups in total. The van der Waals surface area contributed by atoms with Gasteiger partial charge in [0.1, 0.15) is 11.4 Å². The van der Waals surface area contributed by atoms with Crippen LogP contribution < -0.4 is 5.32 Å². The van der Waals surface area contributed by atoms with Crippen LogP contribution in [-0.2, 0) is 4.79 Å². The molecule has 0 aromatic rings. The molecule has 1 aliphatic heterocycles. The Hall–Kier alpha value is -0.860. The Balaban J connectivity index is 2.14. The number of carbonyl (C=O) groups excluding carboxylic acids is 1. The second kappa shape index (κ2) is 4.56. The lowest BCUT2D eigenvalue weighted by molar-refractivity contribution is -0.124. The van der Waals surface area contributed by atoms with Crippen LogP contribution in [0.25, 0.3) is 0 Å². The van der Waals surface area contributed by atoms with Crippen molar-refractivity contribution in [1.29, 1.82) is 0 Å². The molecule has 0 aromatic carbocycles. The van der Waals surface area contributed by atoms with E-state index in [1.807, 2.05) is 0 Å². The number of aliphatic imine (C=N–C) groups is 1. The fourth-order valence-corrected chi connectivity index (χ4v) is 2.84. The molecule has 3 heteroatoms. The lowest BCUT2D eigenvalue weighted by Crippen LogP contribution is -2.39. The van der Waals surface area contributed by atoms with Crippen LogP contribution in [0.2, 0.25) is 0 Å². The lowest BCUT2D eigenvalue weighted by atomic mass is 9.88. The smallest absolute Gasteiger partial charge is 0.253 e. The molecule has 90 valence electrons. The summed E-state index contributed by atoms with van der Waals surface area (Å²) >= 11 is 0. The molecule has 1 saturated carbocycles. The minimum Gasteiger partial charge on any atom is -0.312 e. The summed E-state index contributed by atoms with van der Waals surface area (Å²) in [5.41, 5.74) is -0.452. The van der Waals surface area contributed by atoms with Gasteiger partial charge in [0.05, 0.1) is 0 Å². The van der Waals surface area contributed by atoms with Crippen LogP contribution in [0.4, 0.5) is 0 Å². The quantitative estimate of drug-likeness (QED) is 0.783. The van der Waals surface area contributed by atoms with E-state index >= 15 is 0 Å². The molecule has 0 atom stereocenters. The Morgan fingerprint density at radius 2 is 1.88 bits per heavy atom. The molecule has 0 saturated heterocycles. The first-order chi connectivity index (χ1) is 7.72. The summed E-state index contributed by atoms with van der Waals surface area (Å²) in [4.78, 5) is 16.7. The Kier molecular flexibility index (Phi) is 3.31. The van der Waals surface area contributed by atoms with Crippen molar-refractivity contribution in [2.45, 2.75) is 64.3 Å². The minimum absolute atomic E-state index is 0.123. The van der Waals surface area contributed by atoms with Crippen LogP contribution in [0.3, 0.4) is 0 Å². The zero-order valence-corrected chi connectivity index (χ0v) is 10.4. The van der Waals surface area contributed by atoms with Crippen molar-refractivity contribution >= 4 is 11.7 Å². The van der Waals surface area contributed by atoms with Gasteiger partial charge in [0, 0.05) is 5.92 Å². The normalized spacial score (nSPS) is 25.4. The van der Waals surface area contributed by atoms with Crippen molar-refractivity contribution in [3.8, 4) is 0 Å². The number of nitrogens with one attached hydrogen (secondary N) is 1. The van der Waals surface area contributed by atoms with Crippen molar-refractivity contribution in [3.63, 3.8) is 0 Å². The molecule has 16 heavy (non-hydrogen) atoms. The van der Waals surface area contributed by atoms with Crippen LogP contribution in [0.5, 0.6) is 0 Å². The van der Waals surface area contributed by atoms with E-state index in [2.05, 4.69) is 19.2 Å². The monoisotopic (exact) mass is 222 g/mol. The van der Waals surface area contributed by atoms with Gasteiger partial charge in [-0.25, -0.2) is 0 Å². The van der Waals surface area contributed by atoms with Crippen molar-refractivity contribution in [3.05, 3.63) is 0 Å². The van der Waals surface area contributed by atoms with Crippen molar-refractivity contribution in [1.82, 2.24) is 5.32 Å². The van der Waals surface area contributed by atoms with Crippen molar-refractivity contribution in [2.24, 2.45) is 10.9 Å². The van der Waals surface area contributed by atoms with Crippen LogP contribution in [-0.4, -0.2) is 17.3 Å². The maximum atomic E-state index is 12.0. The molecule has 3 nitrogen and oxygen atoms in total. The van der Waals surface area contributed by atoms with Gasteiger partial charge in [0.2, 0.25) is 0 Å². The number of rotatable bonds is 3. The highest BCUT2D eigenvalue weighted by molar-refractivity contribution is 6.09. The Labute approximate surface area is 97.7 Å². The second-order valence-electron chi connectivity index (χ2n) is 5.02. The van der Waals surface area contributed by atoms with E-state index in [0.29, 0.717) is 5.92 Å². The predicted octanol–water partition coefficient (Wildman–Crippen LogP) is 2.65. The van der Waals surface area contributed by atoms with Gasteiger partial charge in [-0.3, -0.25) is 9.79 Å². The topological polar surface area (TPSA) is 41.5 Å². The van der Waals surface area contributed by atoms with E-state index in [0.717, 1.165) is 18.7 Å². The van der Waals surface area contributed by atoms with Gasteiger partial charge in [-0.2, -0.15) is 0 Å². The largest absolute Gasteiger partial charge is 0.312 e. The molecular formula is C13H22N2O. The van der Waals surface area contributed by atoms with Crippen LogP contribution in [0, 0.1) is 5.92 Å². The van der Waals surface area contributed by atoms with Crippen molar-refractivity contribution in [2.75, 3.05) is 0 Å². The number of carbonyl (C=O) groups is 1. The molecule has 0 bridgehead atoms. The number of hydrogen-bond donors (Lipinski definition) is 1. The first-order valence-electron chi connectivity index (χ1n) is 6.63. The predicted molar refractivity (Wildman–Crippen MR) is 65.5 cm³/mol. The third kappa shape index (κ3) is 1.87. The fourth-order valence-electron chi connectivity index (χ4n) is 2.84. The van der Waals surface area contributed by atoms with Gasteiger partial charge in [-0.05, 0) is 25.7 Å². The Bertz CT molecular complexity index is 299. The molecule has 1 fully saturated rings. The van der Waals surface area contributed by atoms with Gasteiger partial charge < -0.3 is 5.32 Å². The average molecular weight is 222 g/mol. The van der Waals surface area contributed by atoms with Gasteiger partial charge in [-0.15, -0.1) is 0 Å². The van der Waals surface area contributed by atoms with Crippen LogP contribution >= 0.6 is 0 Å². The maximum absolute atomic E-state index is 12.0. The summed E-state index contributed by atoms with van der Waals surface area (Å²) in [7, 11) is 0. The summed E-state index contributed by atoms with van der Waals surface area (Å²) in [6.45, 7) is 4.10. The number of amides is 1. The van der Waals surface area contributed by atoms with Gasteiger partial charge in [-0.1, -0.05) is 33.1 Å². The maximum Gasteiger partial charge on any atom is 0.253 e. The highest BCUT2D eigenvalue weighted by atomic mass is 16.2. The van der Waals surface area contributed by atoms with E-state index < -0.39 is 5.54 Å². The zero-order chi connectivity index (χ0) is 11.6. The summed E-state index contributed by atoms with van der Waals surface area (Å²) in [5.74, 6) is 1.61. The molecular weight excluding hydrogens is 200 g/mol. The summed E-state index contributed by atoms with van der Waals surface area (Å²) in [6, 6.07) is 0. The summed E-state index contributed by atoms with van der Waals surface area (Å²) in [5, 5.41) is 3.03. The third-order valence-electron chi connectivity index (χ3n) is 4.16. The number of nitrogens with zero attached hydrogens (tertiary/aromatic N) is 1. The van der Waals surface area contributed by atoms with Crippen LogP contribution in [0.15, 0.2) is 4.99 Å². The molecule has 0 spiro atoms. The van der Waals surface area contributed by atoms with Gasteiger partial charge in [0.15, 0.2) is 0 Å². The average Bonchev–Trinajstić information content (AvgIpc) is 2.68. The summed E-state index contributed by atoms with van der Waals surface area (Å²) in [6.07, 6.45) is 7.92. The molecule has 0 aromatic heterocycles. The molecule has 0 radical (unpaired) electrons. The standard InChI is InChI=1S/C13H22N2O/c1-3-13(4-2)12(16)14-11(15-13)10-8-6-5-7-9-10/h10H,3-9H2,1-2H3,(H,14,15,16). The molecule has 1 amide bonds. The zero-order valence-electron chi connectivity index (χ0n) is 10.4. The Morgan fingerprint density at radius 3 is 2.38 bits per heavy atom. The molecule has 2 aliphatic rings. The first-order valence-corrected chi connectivity index (χ1v) is 6.63. The fraction of sp³-hybridized carbons (Fsp3) is 0.846. The first kappa shape index (κ1) is 11.6. The molecule has 1 heterocycles. The number of amidine groups is 1. The summed E-state index contributed by atoms with van der Waals surface area (Å²) < 4.78 is 0. The van der Waals surface area contributed by atoms with E-state index in [1.54, 1.807) is 0 Å². The SMILES string of the molecule is CCC1(CC)N=C(C2CCCCC2)NC1=O.